The van der Waals surface area contributed by atoms with E-state index < -0.39 is 11.1 Å². The van der Waals surface area contributed by atoms with Crippen molar-refractivity contribution in [3.05, 3.63) is 111 Å². The van der Waals surface area contributed by atoms with E-state index >= 15 is 0 Å². The van der Waals surface area contributed by atoms with Crippen LogP contribution in [-0.4, -0.2) is 10.8 Å². The fraction of sp³-hybridized carbons (Fsp3) is 0.0417. The topological polar surface area (TPSA) is 75.5 Å². The molecule has 6 nitrogen and oxygen atoms in total. The summed E-state index contributed by atoms with van der Waals surface area (Å²) in [7, 11) is 0. The summed E-state index contributed by atoms with van der Waals surface area (Å²) in [5.74, 6) is -0.134. The van der Waals surface area contributed by atoms with E-state index in [-0.39, 0.29) is 11.6 Å². The number of amides is 1. The first kappa shape index (κ1) is 19.3. The summed E-state index contributed by atoms with van der Waals surface area (Å²) < 4.78 is 0.909. The molecule has 0 radical (unpaired) electrons. The van der Waals surface area contributed by atoms with E-state index in [2.05, 4.69) is 21.2 Å². The van der Waals surface area contributed by atoms with Crippen LogP contribution >= 0.6 is 15.9 Å². The molecule has 0 saturated heterocycles. The van der Waals surface area contributed by atoms with Gasteiger partial charge in [-0.05, 0) is 64.9 Å². The van der Waals surface area contributed by atoms with Crippen molar-refractivity contribution in [3.8, 4) is 0 Å². The van der Waals surface area contributed by atoms with E-state index in [0.29, 0.717) is 5.56 Å². The molecule has 1 aliphatic heterocycles. The Kier molecular flexibility index (Phi) is 4.67. The Morgan fingerprint density at radius 2 is 1.55 bits per heavy atom. The van der Waals surface area contributed by atoms with E-state index in [1.165, 1.54) is 12.1 Å². The molecule has 4 aromatic rings. The third-order valence-corrected chi connectivity index (χ3v) is 5.94. The van der Waals surface area contributed by atoms with Crippen LogP contribution in [0.1, 0.15) is 22.1 Å². The Morgan fingerprint density at radius 3 is 2.19 bits per heavy atom. The molecule has 1 atom stereocenters. The summed E-state index contributed by atoms with van der Waals surface area (Å²) in [6.07, 6.45) is -0.511. The van der Waals surface area contributed by atoms with Crippen molar-refractivity contribution in [1.82, 2.24) is 0 Å². The molecular formula is C24H16BrN3O3. The van der Waals surface area contributed by atoms with Crippen LogP contribution in [0, 0.1) is 10.1 Å². The number of nitro groups is 1. The number of carbonyl (C=O) groups is 1. The number of carbonyl (C=O) groups excluding carboxylic acids is 1. The molecule has 152 valence electrons. The molecule has 0 fully saturated rings. The number of hydrogen-bond donors (Lipinski definition) is 1. The number of nitrogens with zero attached hydrogens (tertiary/aromatic N) is 2. The van der Waals surface area contributed by atoms with Crippen LogP contribution in [0.25, 0.3) is 10.8 Å². The summed E-state index contributed by atoms with van der Waals surface area (Å²) in [6.45, 7) is 0. The molecule has 4 aromatic carbocycles. The molecule has 0 spiro atoms. The third kappa shape index (κ3) is 3.43. The molecule has 1 N–H and O–H groups in total. The molecular weight excluding hydrogens is 458 g/mol. The van der Waals surface area contributed by atoms with E-state index in [9.17, 15) is 14.9 Å². The highest BCUT2D eigenvalue weighted by atomic mass is 79.9. The van der Waals surface area contributed by atoms with E-state index in [0.717, 1.165) is 32.2 Å². The quantitative estimate of drug-likeness (QED) is 0.280. The van der Waals surface area contributed by atoms with Gasteiger partial charge in [0, 0.05) is 28.0 Å². The van der Waals surface area contributed by atoms with Gasteiger partial charge in [0.25, 0.3) is 11.6 Å². The molecule has 1 heterocycles. The number of non-ortho nitro benzene ring substituents is 1. The number of nitrogens with one attached hydrogen (secondary N) is 1. The molecule has 1 unspecified atom stereocenters. The van der Waals surface area contributed by atoms with Crippen molar-refractivity contribution >= 4 is 49.7 Å². The van der Waals surface area contributed by atoms with E-state index in [4.69, 9.17) is 0 Å². The molecule has 1 amide bonds. The summed E-state index contributed by atoms with van der Waals surface area (Å²) in [5.41, 5.74) is 2.80. The van der Waals surface area contributed by atoms with Gasteiger partial charge in [0.15, 0.2) is 0 Å². The van der Waals surface area contributed by atoms with Crippen molar-refractivity contribution in [2.24, 2.45) is 0 Å². The van der Waals surface area contributed by atoms with Gasteiger partial charge >= 0.3 is 0 Å². The van der Waals surface area contributed by atoms with Crippen LogP contribution in [0.2, 0.25) is 0 Å². The number of rotatable bonds is 3. The lowest BCUT2D eigenvalue weighted by Crippen LogP contribution is -2.43. The maximum atomic E-state index is 13.7. The average Bonchev–Trinajstić information content (AvgIpc) is 2.79. The third-order valence-electron chi connectivity index (χ3n) is 5.41. The summed E-state index contributed by atoms with van der Waals surface area (Å²) in [5, 5.41) is 16.6. The van der Waals surface area contributed by atoms with Gasteiger partial charge in [-0.3, -0.25) is 19.8 Å². The van der Waals surface area contributed by atoms with E-state index in [1.807, 2.05) is 60.7 Å². The zero-order valence-corrected chi connectivity index (χ0v) is 17.7. The smallest absolute Gasteiger partial charge is 0.269 e. The lowest BCUT2D eigenvalue weighted by molar-refractivity contribution is -0.384. The number of fused-ring (bicyclic) bond motifs is 2. The van der Waals surface area contributed by atoms with Gasteiger partial charge in [0.05, 0.1) is 10.5 Å². The van der Waals surface area contributed by atoms with Crippen LogP contribution in [0.3, 0.4) is 0 Å². The Hall–Kier alpha value is -3.71. The largest absolute Gasteiger partial charge is 0.360 e. The number of halogens is 1. The first-order valence-corrected chi connectivity index (χ1v) is 10.4. The minimum Gasteiger partial charge on any atom is -0.360 e. The van der Waals surface area contributed by atoms with Gasteiger partial charge < -0.3 is 5.32 Å². The van der Waals surface area contributed by atoms with Gasteiger partial charge in [-0.15, -0.1) is 0 Å². The van der Waals surface area contributed by atoms with Crippen LogP contribution in [-0.2, 0) is 0 Å². The van der Waals surface area contributed by atoms with Gasteiger partial charge in [0.1, 0.15) is 6.17 Å². The predicted molar refractivity (Wildman–Crippen MR) is 124 cm³/mol. The second kappa shape index (κ2) is 7.52. The monoisotopic (exact) mass is 473 g/mol. The van der Waals surface area contributed by atoms with Crippen molar-refractivity contribution in [2.45, 2.75) is 6.17 Å². The second-order valence-corrected chi connectivity index (χ2v) is 8.21. The minimum atomic E-state index is -0.511. The molecule has 0 aromatic heterocycles. The summed E-state index contributed by atoms with van der Waals surface area (Å²) >= 11 is 3.44. The standard InChI is InChI=1S/C24H16BrN3O3/c25-18-7-11-19(12-8-18)27-23(15-5-9-20(10-6-15)28(30)31)26-22-14-17-4-2-1-3-16(17)13-21(22)24(27)29/h1-14,23,26H. The zero-order chi connectivity index (χ0) is 21.5. The maximum Gasteiger partial charge on any atom is 0.269 e. The molecule has 0 saturated carbocycles. The molecule has 0 bridgehead atoms. The van der Waals surface area contributed by atoms with Crippen LogP contribution in [0.5, 0.6) is 0 Å². The number of anilines is 2. The van der Waals surface area contributed by atoms with Crippen LogP contribution < -0.4 is 10.2 Å². The fourth-order valence-corrected chi connectivity index (χ4v) is 4.14. The Morgan fingerprint density at radius 1 is 0.903 bits per heavy atom. The second-order valence-electron chi connectivity index (χ2n) is 7.29. The van der Waals surface area contributed by atoms with E-state index in [1.54, 1.807) is 17.0 Å². The normalized spacial score (nSPS) is 15.5. The lowest BCUT2D eigenvalue weighted by Gasteiger charge is -2.38. The van der Waals surface area contributed by atoms with Gasteiger partial charge in [-0.2, -0.15) is 0 Å². The van der Waals surface area contributed by atoms with Crippen LogP contribution in [0.15, 0.2) is 89.4 Å². The lowest BCUT2D eigenvalue weighted by atomic mass is 9.99. The van der Waals surface area contributed by atoms with Crippen molar-refractivity contribution < 1.29 is 9.72 Å². The minimum absolute atomic E-state index is 0.00692. The highest BCUT2D eigenvalue weighted by Gasteiger charge is 2.34. The SMILES string of the molecule is O=C1c2cc3ccccc3cc2NC(c2ccc([N+](=O)[O-])cc2)N1c1ccc(Br)cc1. The predicted octanol–water partition coefficient (Wildman–Crippen LogP) is 6.28. The van der Waals surface area contributed by atoms with Crippen molar-refractivity contribution in [3.63, 3.8) is 0 Å². The van der Waals surface area contributed by atoms with Crippen molar-refractivity contribution in [2.75, 3.05) is 10.2 Å². The molecule has 1 aliphatic rings. The summed E-state index contributed by atoms with van der Waals surface area (Å²) in [6, 6.07) is 25.5. The Labute approximate surface area is 186 Å². The molecule has 5 rings (SSSR count). The highest BCUT2D eigenvalue weighted by molar-refractivity contribution is 9.10. The van der Waals surface area contributed by atoms with Gasteiger partial charge in [0.2, 0.25) is 0 Å². The van der Waals surface area contributed by atoms with Crippen molar-refractivity contribution in [1.29, 1.82) is 0 Å². The van der Waals surface area contributed by atoms with Crippen LogP contribution in [0.4, 0.5) is 17.1 Å². The fourth-order valence-electron chi connectivity index (χ4n) is 3.87. The Balaban J connectivity index is 1.66. The zero-order valence-electron chi connectivity index (χ0n) is 16.2. The maximum absolute atomic E-state index is 13.7. The Bertz CT molecular complexity index is 1320. The molecule has 31 heavy (non-hydrogen) atoms. The first-order chi connectivity index (χ1) is 15.0. The number of nitro benzene ring substituents is 1. The van der Waals surface area contributed by atoms with Gasteiger partial charge in [-0.1, -0.05) is 40.2 Å². The summed E-state index contributed by atoms with van der Waals surface area (Å²) in [4.78, 5) is 26.0. The average molecular weight is 474 g/mol. The molecule has 7 heteroatoms. The number of benzene rings is 4. The highest BCUT2D eigenvalue weighted by Crippen LogP contribution is 2.39. The number of hydrogen-bond acceptors (Lipinski definition) is 4. The first-order valence-electron chi connectivity index (χ1n) is 9.64. The van der Waals surface area contributed by atoms with Gasteiger partial charge in [-0.25, -0.2) is 0 Å². The molecule has 0 aliphatic carbocycles.